The fraction of sp³-hybridized carbons (Fsp3) is 0.440. The standard InChI is InChI=1S/C25H28N6O/c1-24(2,32)7-3-20-21-19(6-13-28-20)23(30-22(29-21)18-4-11-26-12-5-18)31-15-9-25(10-16-31)8-14-27-17-25/h4-6,11-13,27,32H,8-10,14-17H2,1-2H3. The zero-order chi connectivity index (χ0) is 22.2. The minimum absolute atomic E-state index is 0.429. The van der Waals surface area contributed by atoms with Crippen LogP contribution in [0.25, 0.3) is 22.3 Å². The van der Waals surface area contributed by atoms with Crippen molar-refractivity contribution in [1.29, 1.82) is 0 Å². The van der Waals surface area contributed by atoms with Crippen molar-refractivity contribution < 1.29 is 5.11 Å². The van der Waals surface area contributed by atoms with E-state index in [-0.39, 0.29) is 0 Å². The molecule has 164 valence electrons. The molecule has 5 heterocycles. The van der Waals surface area contributed by atoms with Gasteiger partial charge in [0.1, 0.15) is 22.6 Å². The van der Waals surface area contributed by atoms with Crippen LogP contribution in [0.4, 0.5) is 5.82 Å². The molecule has 0 aromatic carbocycles. The van der Waals surface area contributed by atoms with Gasteiger partial charge in [-0.2, -0.15) is 0 Å². The van der Waals surface area contributed by atoms with Gasteiger partial charge in [-0.1, -0.05) is 5.92 Å². The van der Waals surface area contributed by atoms with Gasteiger partial charge in [0.2, 0.25) is 0 Å². The van der Waals surface area contributed by atoms with Gasteiger partial charge in [-0.15, -0.1) is 0 Å². The maximum absolute atomic E-state index is 10.1. The molecule has 2 N–H and O–H groups in total. The summed E-state index contributed by atoms with van der Waals surface area (Å²) in [6.07, 6.45) is 8.83. The number of anilines is 1. The smallest absolute Gasteiger partial charge is 0.162 e. The van der Waals surface area contributed by atoms with Crippen LogP contribution in [-0.4, -0.2) is 56.8 Å². The summed E-state index contributed by atoms with van der Waals surface area (Å²) in [7, 11) is 0. The number of piperidine rings is 1. The number of nitrogens with zero attached hydrogens (tertiary/aromatic N) is 5. The highest BCUT2D eigenvalue weighted by atomic mass is 16.3. The number of rotatable bonds is 2. The molecule has 2 fully saturated rings. The highest BCUT2D eigenvalue weighted by molar-refractivity contribution is 5.93. The van der Waals surface area contributed by atoms with Crippen LogP contribution in [0.5, 0.6) is 0 Å². The van der Waals surface area contributed by atoms with Crippen LogP contribution in [-0.2, 0) is 0 Å². The van der Waals surface area contributed by atoms with Gasteiger partial charge in [-0.3, -0.25) is 4.98 Å². The molecule has 1 spiro atoms. The monoisotopic (exact) mass is 428 g/mol. The molecule has 0 unspecified atom stereocenters. The van der Waals surface area contributed by atoms with Crippen molar-refractivity contribution in [2.75, 3.05) is 31.1 Å². The molecule has 3 aromatic rings. The number of fused-ring (bicyclic) bond motifs is 1. The van der Waals surface area contributed by atoms with Crippen molar-refractivity contribution in [2.45, 2.75) is 38.7 Å². The molecule has 0 atom stereocenters. The summed E-state index contributed by atoms with van der Waals surface area (Å²) in [5, 5.41) is 14.6. The topological polar surface area (TPSA) is 87.1 Å². The van der Waals surface area contributed by atoms with E-state index in [1.54, 1.807) is 32.4 Å². The number of hydrogen-bond donors (Lipinski definition) is 2. The maximum atomic E-state index is 10.1. The molecule has 2 saturated heterocycles. The minimum atomic E-state index is -1.11. The molecule has 2 aliphatic rings. The van der Waals surface area contributed by atoms with Gasteiger partial charge in [-0.05, 0) is 69.2 Å². The molecule has 5 rings (SSSR count). The number of nitrogens with one attached hydrogen (secondary N) is 1. The molecule has 0 saturated carbocycles. The second-order valence-electron chi connectivity index (χ2n) is 9.39. The number of pyridine rings is 2. The van der Waals surface area contributed by atoms with E-state index in [1.807, 2.05) is 18.2 Å². The molecule has 0 aliphatic carbocycles. The quantitative estimate of drug-likeness (QED) is 0.607. The van der Waals surface area contributed by atoms with Crippen LogP contribution in [0.15, 0.2) is 36.8 Å². The van der Waals surface area contributed by atoms with Crippen molar-refractivity contribution in [3.05, 3.63) is 42.5 Å². The second kappa shape index (κ2) is 8.12. The van der Waals surface area contributed by atoms with Gasteiger partial charge >= 0.3 is 0 Å². The van der Waals surface area contributed by atoms with Crippen LogP contribution in [0.3, 0.4) is 0 Å². The average molecular weight is 429 g/mol. The number of hydrogen-bond acceptors (Lipinski definition) is 7. The molecule has 0 bridgehead atoms. The van der Waals surface area contributed by atoms with E-state index in [0.717, 1.165) is 55.8 Å². The van der Waals surface area contributed by atoms with Crippen LogP contribution in [0.2, 0.25) is 0 Å². The van der Waals surface area contributed by atoms with Gasteiger partial charge in [0.05, 0.1) is 0 Å². The average Bonchev–Trinajstić information content (AvgIpc) is 3.25. The highest BCUT2D eigenvalue weighted by Gasteiger charge is 2.37. The summed E-state index contributed by atoms with van der Waals surface area (Å²) in [5.74, 6) is 7.47. The van der Waals surface area contributed by atoms with Crippen LogP contribution < -0.4 is 10.2 Å². The molecular weight excluding hydrogens is 400 g/mol. The van der Waals surface area contributed by atoms with E-state index in [0.29, 0.717) is 22.5 Å². The molecule has 32 heavy (non-hydrogen) atoms. The van der Waals surface area contributed by atoms with E-state index in [9.17, 15) is 5.11 Å². The van der Waals surface area contributed by atoms with E-state index in [4.69, 9.17) is 9.97 Å². The van der Waals surface area contributed by atoms with Crippen molar-refractivity contribution in [1.82, 2.24) is 25.3 Å². The summed E-state index contributed by atoms with van der Waals surface area (Å²) in [4.78, 5) is 20.8. The van der Waals surface area contributed by atoms with Crippen molar-refractivity contribution in [3.8, 4) is 23.2 Å². The molecule has 2 aliphatic heterocycles. The van der Waals surface area contributed by atoms with Crippen LogP contribution >= 0.6 is 0 Å². The number of aliphatic hydroxyl groups is 1. The Morgan fingerprint density at radius 2 is 1.84 bits per heavy atom. The van der Waals surface area contributed by atoms with Gasteiger partial charge in [0, 0.05) is 49.2 Å². The highest BCUT2D eigenvalue weighted by Crippen LogP contribution is 2.39. The Hall–Kier alpha value is -3.08. The van der Waals surface area contributed by atoms with E-state index in [1.165, 1.54) is 6.42 Å². The SMILES string of the molecule is CC(C)(O)C#Cc1nccc2c(N3CCC4(CCNC4)CC3)nc(-c3ccncc3)nc12. The molecule has 7 nitrogen and oxygen atoms in total. The summed E-state index contributed by atoms with van der Waals surface area (Å²) in [6, 6.07) is 5.80. The van der Waals surface area contributed by atoms with Gasteiger partial charge in [-0.25, -0.2) is 15.0 Å². The summed E-state index contributed by atoms with van der Waals surface area (Å²) in [5.41, 5.74) is 1.49. The summed E-state index contributed by atoms with van der Waals surface area (Å²) in [6.45, 7) is 7.50. The predicted molar refractivity (Wildman–Crippen MR) is 125 cm³/mol. The zero-order valence-corrected chi connectivity index (χ0v) is 18.6. The second-order valence-corrected chi connectivity index (χ2v) is 9.39. The fourth-order valence-corrected chi connectivity index (χ4v) is 4.63. The first-order chi connectivity index (χ1) is 15.4. The summed E-state index contributed by atoms with van der Waals surface area (Å²) < 4.78 is 0. The molecule has 3 aromatic heterocycles. The van der Waals surface area contributed by atoms with Crippen molar-refractivity contribution in [2.24, 2.45) is 5.41 Å². The Morgan fingerprint density at radius 3 is 2.53 bits per heavy atom. The summed E-state index contributed by atoms with van der Waals surface area (Å²) >= 11 is 0. The molecular formula is C25H28N6O. The van der Waals surface area contributed by atoms with Crippen LogP contribution in [0, 0.1) is 17.3 Å². The first kappa shape index (κ1) is 20.8. The zero-order valence-electron chi connectivity index (χ0n) is 18.6. The minimum Gasteiger partial charge on any atom is -0.378 e. The lowest BCUT2D eigenvalue weighted by atomic mass is 9.78. The lowest BCUT2D eigenvalue weighted by Crippen LogP contribution is -2.41. The lowest BCUT2D eigenvalue weighted by Gasteiger charge is -2.39. The Bertz CT molecular complexity index is 1180. The predicted octanol–water partition coefficient (Wildman–Crippen LogP) is 2.79. The normalized spacial score (nSPS) is 18.0. The van der Waals surface area contributed by atoms with Crippen molar-refractivity contribution in [3.63, 3.8) is 0 Å². The first-order valence-electron chi connectivity index (χ1n) is 11.2. The lowest BCUT2D eigenvalue weighted by molar-refractivity contribution is 0.143. The third-order valence-electron chi connectivity index (χ3n) is 6.48. The van der Waals surface area contributed by atoms with Crippen LogP contribution in [0.1, 0.15) is 38.8 Å². The third kappa shape index (κ3) is 4.16. The number of aromatic nitrogens is 4. The third-order valence-corrected chi connectivity index (χ3v) is 6.48. The van der Waals surface area contributed by atoms with E-state index < -0.39 is 5.60 Å². The molecule has 0 amide bonds. The van der Waals surface area contributed by atoms with Gasteiger partial charge in [0.15, 0.2) is 5.82 Å². The Morgan fingerprint density at radius 1 is 1.06 bits per heavy atom. The Balaban J connectivity index is 1.62. The first-order valence-corrected chi connectivity index (χ1v) is 11.2. The fourth-order valence-electron chi connectivity index (χ4n) is 4.63. The molecule has 7 heteroatoms. The van der Waals surface area contributed by atoms with E-state index >= 15 is 0 Å². The molecule has 0 radical (unpaired) electrons. The maximum Gasteiger partial charge on any atom is 0.162 e. The van der Waals surface area contributed by atoms with Gasteiger partial charge in [0.25, 0.3) is 0 Å². The van der Waals surface area contributed by atoms with E-state index in [2.05, 4.69) is 32.0 Å². The largest absolute Gasteiger partial charge is 0.378 e. The Labute approximate surface area is 188 Å². The Kier molecular flexibility index (Phi) is 5.28. The van der Waals surface area contributed by atoms with Gasteiger partial charge < -0.3 is 15.3 Å². The van der Waals surface area contributed by atoms with Crippen molar-refractivity contribution >= 4 is 16.7 Å².